The van der Waals surface area contributed by atoms with Gasteiger partial charge in [-0.3, -0.25) is 19.3 Å². The summed E-state index contributed by atoms with van der Waals surface area (Å²) < 4.78 is 0. The highest BCUT2D eigenvalue weighted by Gasteiger charge is 2.30. The Labute approximate surface area is 139 Å². The summed E-state index contributed by atoms with van der Waals surface area (Å²) in [5.41, 5.74) is 7.05. The summed E-state index contributed by atoms with van der Waals surface area (Å²) in [5, 5.41) is 2.55. The minimum Gasteiger partial charge on any atom is -0.325 e. The van der Waals surface area contributed by atoms with Crippen LogP contribution < -0.4 is 11.1 Å². The zero-order valence-electron chi connectivity index (χ0n) is 13.5. The average Bonchev–Trinajstić information content (AvgIpc) is 2.79. The van der Waals surface area contributed by atoms with Crippen molar-refractivity contribution in [1.82, 2.24) is 4.90 Å². The molecule has 1 aliphatic rings. The number of rotatable bonds is 4. The monoisotopic (exact) mass is 335 g/mol. The van der Waals surface area contributed by atoms with Gasteiger partial charge in [0.1, 0.15) is 0 Å². The standard InChI is InChI=1S/C16H21N3O3S/c1-16(2,3)13(17)14(21)18-11-6-4-10(5-7-11)8-19-12(20)9-23-15(19)22/h4-7,13H,8-9,17H2,1-3H3,(H,18,21)/t13-/m1/s1. The van der Waals surface area contributed by atoms with Crippen molar-refractivity contribution < 1.29 is 14.4 Å². The lowest BCUT2D eigenvalue weighted by Gasteiger charge is -2.25. The van der Waals surface area contributed by atoms with Crippen molar-refractivity contribution in [1.29, 1.82) is 0 Å². The van der Waals surface area contributed by atoms with Crippen LogP contribution in [0.25, 0.3) is 0 Å². The van der Waals surface area contributed by atoms with Gasteiger partial charge < -0.3 is 11.1 Å². The lowest BCUT2D eigenvalue weighted by molar-refractivity contribution is -0.125. The molecule has 1 heterocycles. The number of nitrogens with zero attached hydrogens (tertiary/aromatic N) is 1. The normalized spacial score (nSPS) is 16.6. The Morgan fingerprint density at radius 1 is 1.30 bits per heavy atom. The van der Waals surface area contributed by atoms with Crippen LogP contribution in [-0.2, 0) is 16.1 Å². The first-order valence-corrected chi connectivity index (χ1v) is 8.29. The van der Waals surface area contributed by atoms with E-state index in [-0.39, 0.29) is 34.8 Å². The molecule has 6 nitrogen and oxygen atoms in total. The van der Waals surface area contributed by atoms with E-state index in [1.165, 1.54) is 4.90 Å². The van der Waals surface area contributed by atoms with Crippen LogP contribution in [0.15, 0.2) is 24.3 Å². The Hall–Kier alpha value is -1.86. The van der Waals surface area contributed by atoms with Gasteiger partial charge in [0.15, 0.2) is 0 Å². The maximum atomic E-state index is 12.1. The van der Waals surface area contributed by atoms with E-state index in [1.54, 1.807) is 24.3 Å². The van der Waals surface area contributed by atoms with E-state index in [0.29, 0.717) is 5.69 Å². The Kier molecular flexibility index (Phi) is 5.11. The van der Waals surface area contributed by atoms with Crippen LogP contribution in [0.5, 0.6) is 0 Å². The lowest BCUT2D eigenvalue weighted by Crippen LogP contribution is -2.45. The number of thioether (sulfide) groups is 1. The van der Waals surface area contributed by atoms with Gasteiger partial charge in [-0.25, -0.2) is 0 Å². The molecule has 1 atom stereocenters. The quantitative estimate of drug-likeness (QED) is 0.880. The van der Waals surface area contributed by atoms with Crippen molar-refractivity contribution in [2.24, 2.45) is 11.1 Å². The molecule has 23 heavy (non-hydrogen) atoms. The number of carbonyl (C=O) groups is 3. The molecular formula is C16H21N3O3S. The predicted molar refractivity (Wildman–Crippen MR) is 90.9 cm³/mol. The number of benzene rings is 1. The van der Waals surface area contributed by atoms with Gasteiger partial charge in [-0.05, 0) is 23.1 Å². The third kappa shape index (κ3) is 4.33. The summed E-state index contributed by atoms with van der Waals surface area (Å²) in [6.45, 7) is 5.97. The van der Waals surface area contributed by atoms with Crippen molar-refractivity contribution in [2.75, 3.05) is 11.1 Å². The molecule has 1 saturated heterocycles. The summed E-state index contributed by atoms with van der Waals surface area (Å²) in [4.78, 5) is 36.5. The van der Waals surface area contributed by atoms with E-state index in [4.69, 9.17) is 5.73 Å². The molecule has 0 bridgehead atoms. The average molecular weight is 335 g/mol. The number of hydrogen-bond donors (Lipinski definition) is 2. The van der Waals surface area contributed by atoms with Crippen LogP contribution in [0.1, 0.15) is 26.3 Å². The molecule has 1 aromatic rings. The van der Waals surface area contributed by atoms with Gasteiger partial charge in [-0.2, -0.15) is 0 Å². The van der Waals surface area contributed by atoms with Crippen LogP contribution in [0.4, 0.5) is 10.5 Å². The van der Waals surface area contributed by atoms with E-state index in [2.05, 4.69) is 5.32 Å². The highest BCUT2D eigenvalue weighted by atomic mass is 32.2. The van der Waals surface area contributed by atoms with Crippen molar-refractivity contribution >= 4 is 34.5 Å². The van der Waals surface area contributed by atoms with Crippen LogP contribution in [0.3, 0.4) is 0 Å². The fraction of sp³-hybridized carbons (Fsp3) is 0.438. The van der Waals surface area contributed by atoms with Crippen molar-refractivity contribution in [2.45, 2.75) is 33.4 Å². The predicted octanol–water partition coefficient (Wildman–Crippen LogP) is 2.19. The third-order valence-electron chi connectivity index (χ3n) is 3.62. The third-order valence-corrected chi connectivity index (χ3v) is 4.48. The summed E-state index contributed by atoms with van der Waals surface area (Å²) in [5.74, 6) is -0.211. The van der Waals surface area contributed by atoms with E-state index in [0.717, 1.165) is 17.3 Å². The number of amides is 3. The number of anilines is 1. The summed E-state index contributed by atoms with van der Waals surface area (Å²) in [7, 11) is 0. The Morgan fingerprint density at radius 3 is 2.39 bits per heavy atom. The Bertz CT molecular complexity index is 606. The smallest absolute Gasteiger partial charge is 0.289 e. The van der Waals surface area contributed by atoms with Gasteiger partial charge >= 0.3 is 0 Å². The second-order valence-electron chi connectivity index (χ2n) is 6.56. The molecular weight excluding hydrogens is 314 g/mol. The minimum atomic E-state index is -0.612. The summed E-state index contributed by atoms with van der Waals surface area (Å²) in [6.07, 6.45) is 0. The van der Waals surface area contributed by atoms with Crippen molar-refractivity contribution in [3.8, 4) is 0 Å². The topological polar surface area (TPSA) is 92.5 Å². The van der Waals surface area contributed by atoms with Crippen molar-refractivity contribution in [3.63, 3.8) is 0 Å². The van der Waals surface area contributed by atoms with Gasteiger partial charge in [0.2, 0.25) is 11.8 Å². The van der Waals surface area contributed by atoms with Crippen LogP contribution >= 0.6 is 11.8 Å². The number of hydrogen-bond acceptors (Lipinski definition) is 5. The van der Waals surface area contributed by atoms with Gasteiger partial charge in [-0.1, -0.05) is 44.7 Å². The SMILES string of the molecule is CC(C)(C)[C@H](N)C(=O)Nc1ccc(CN2C(=O)CSC2=O)cc1. The molecule has 0 saturated carbocycles. The Balaban J connectivity index is 1.98. The fourth-order valence-corrected chi connectivity index (χ4v) is 2.75. The molecule has 3 amide bonds. The molecule has 0 aliphatic carbocycles. The molecule has 0 radical (unpaired) electrons. The number of nitrogens with one attached hydrogen (secondary N) is 1. The highest BCUT2D eigenvalue weighted by molar-refractivity contribution is 8.14. The molecule has 1 aliphatic heterocycles. The fourth-order valence-electron chi connectivity index (χ4n) is 2.02. The molecule has 124 valence electrons. The number of imide groups is 1. The minimum absolute atomic E-state index is 0.173. The molecule has 3 N–H and O–H groups in total. The summed E-state index contributed by atoms with van der Waals surface area (Å²) in [6, 6.07) is 6.42. The zero-order valence-corrected chi connectivity index (χ0v) is 14.3. The second-order valence-corrected chi connectivity index (χ2v) is 7.49. The number of carbonyl (C=O) groups excluding carboxylic acids is 3. The van der Waals surface area contributed by atoms with Crippen molar-refractivity contribution in [3.05, 3.63) is 29.8 Å². The van der Waals surface area contributed by atoms with Crippen LogP contribution in [0.2, 0.25) is 0 Å². The summed E-state index contributed by atoms with van der Waals surface area (Å²) >= 11 is 1.02. The van der Waals surface area contributed by atoms with E-state index >= 15 is 0 Å². The molecule has 1 aromatic carbocycles. The van der Waals surface area contributed by atoms with Gasteiger partial charge in [0.25, 0.3) is 5.24 Å². The Morgan fingerprint density at radius 2 is 1.91 bits per heavy atom. The first-order chi connectivity index (χ1) is 10.7. The van der Waals surface area contributed by atoms with Gasteiger partial charge in [0.05, 0.1) is 18.3 Å². The van der Waals surface area contributed by atoms with Gasteiger partial charge in [0, 0.05) is 5.69 Å². The number of nitrogens with two attached hydrogens (primary N) is 1. The first-order valence-electron chi connectivity index (χ1n) is 7.31. The molecule has 2 rings (SSSR count). The molecule has 7 heteroatoms. The maximum Gasteiger partial charge on any atom is 0.289 e. The maximum absolute atomic E-state index is 12.1. The molecule has 0 aromatic heterocycles. The van der Waals surface area contributed by atoms with Crippen LogP contribution in [0, 0.1) is 5.41 Å². The van der Waals surface area contributed by atoms with E-state index in [1.807, 2.05) is 20.8 Å². The van der Waals surface area contributed by atoms with E-state index < -0.39 is 6.04 Å². The molecule has 1 fully saturated rings. The van der Waals surface area contributed by atoms with Crippen LogP contribution in [-0.4, -0.2) is 33.7 Å². The molecule has 0 unspecified atom stereocenters. The highest BCUT2D eigenvalue weighted by Crippen LogP contribution is 2.22. The van der Waals surface area contributed by atoms with E-state index in [9.17, 15) is 14.4 Å². The first kappa shape index (κ1) is 17.5. The zero-order chi connectivity index (χ0) is 17.2. The largest absolute Gasteiger partial charge is 0.325 e. The van der Waals surface area contributed by atoms with Gasteiger partial charge in [-0.15, -0.1) is 0 Å². The lowest BCUT2D eigenvalue weighted by atomic mass is 9.87. The second kappa shape index (κ2) is 6.72. The molecule has 0 spiro atoms.